The van der Waals surface area contributed by atoms with Crippen LogP contribution in [0.15, 0.2) is 24.7 Å². The second-order valence-corrected chi connectivity index (χ2v) is 4.24. The Kier molecular flexibility index (Phi) is 3.42. The van der Waals surface area contributed by atoms with E-state index in [9.17, 15) is 0 Å². The van der Waals surface area contributed by atoms with Gasteiger partial charge >= 0.3 is 0 Å². The lowest BCUT2D eigenvalue weighted by Crippen LogP contribution is -2.31. The van der Waals surface area contributed by atoms with Crippen LogP contribution in [0.3, 0.4) is 0 Å². The predicted octanol–water partition coefficient (Wildman–Crippen LogP) is 1.33. The number of aromatic nitrogens is 3. The fourth-order valence-corrected chi connectivity index (χ4v) is 2.11. The Bertz CT molecular complexity index is 503. The number of pyridine rings is 1. The van der Waals surface area contributed by atoms with Crippen molar-refractivity contribution in [2.45, 2.75) is 13.0 Å². The molecule has 6 heteroatoms. The minimum absolute atomic E-state index is 0.219. The summed E-state index contributed by atoms with van der Waals surface area (Å²) >= 11 is 6.12. The van der Waals surface area contributed by atoms with E-state index in [0.717, 1.165) is 16.8 Å². The van der Waals surface area contributed by atoms with Crippen LogP contribution in [0.25, 0.3) is 0 Å². The van der Waals surface area contributed by atoms with Crippen molar-refractivity contribution >= 4 is 11.6 Å². The van der Waals surface area contributed by atoms with Gasteiger partial charge in [-0.25, -0.2) is 5.43 Å². The van der Waals surface area contributed by atoms with Crippen LogP contribution in [-0.4, -0.2) is 14.8 Å². The molecule has 0 amide bonds. The molecule has 0 saturated carbocycles. The van der Waals surface area contributed by atoms with Gasteiger partial charge in [0.1, 0.15) is 0 Å². The van der Waals surface area contributed by atoms with E-state index >= 15 is 0 Å². The quantitative estimate of drug-likeness (QED) is 0.638. The van der Waals surface area contributed by atoms with Crippen LogP contribution in [0.4, 0.5) is 0 Å². The fraction of sp³-hybridized carbons (Fsp3) is 0.273. The van der Waals surface area contributed by atoms with Crippen molar-refractivity contribution in [1.29, 1.82) is 0 Å². The summed E-state index contributed by atoms with van der Waals surface area (Å²) in [6, 6.07) is 1.72. The molecule has 17 heavy (non-hydrogen) atoms. The van der Waals surface area contributed by atoms with E-state index in [-0.39, 0.29) is 6.04 Å². The molecule has 0 radical (unpaired) electrons. The molecule has 3 N–H and O–H groups in total. The summed E-state index contributed by atoms with van der Waals surface area (Å²) in [5, 5.41) is 4.69. The number of hydrogen-bond acceptors (Lipinski definition) is 4. The number of nitrogens with two attached hydrogens (primary N) is 1. The van der Waals surface area contributed by atoms with Gasteiger partial charge in [-0.15, -0.1) is 0 Å². The van der Waals surface area contributed by atoms with Gasteiger partial charge in [0.25, 0.3) is 0 Å². The zero-order chi connectivity index (χ0) is 12.4. The number of hydrogen-bond donors (Lipinski definition) is 2. The molecule has 0 bridgehead atoms. The third-order valence-electron chi connectivity index (χ3n) is 2.77. The second-order valence-electron chi connectivity index (χ2n) is 3.83. The highest BCUT2D eigenvalue weighted by Gasteiger charge is 2.21. The topological polar surface area (TPSA) is 68.8 Å². The molecule has 90 valence electrons. The summed E-state index contributed by atoms with van der Waals surface area (Å²) in [5.74, 6) is 5.63. The van der Waals surface area contributed by atoms with Crippen LogP contribution in [0.1, 0.15) is 22.9 Å². The van der Waals surface area contributed by atoms with Crippen molar-refractivity contribution in [3.63, 3.8) is 0 Å². The summed E-state index contributed by atoms with van der Waals surface area (Å²) in [6.07, 6.45) is 5.13. The molecule has 0 aliphatic rings. The minimum atomic E-state index is -0.219. The summed E-state index contributed by atoms with van der Waals surface area (Å²) in [6.45, 7) is 2.01. The molecule has 1 unspecified atom stereocenters. The number of halogens is 1. The van der Waals surface area contributed by atoms with E-state index in [0.29, 0.717) is 5.02 Å². The maximum Gasteiger partial charge on any atom is 0.0910 e. The Balaban J connectivity index is 2.52. The first kappa shape index (κ1) is 12.0. The van der Waals surface area contributed by atoms with E-state index in [1.807, 2.05) is 20.0 Å². The van der Waals surface area contributed by atoms with Crippen molar-refractivity contribution in [2.24, 2.45) is 12.9 Å². The predicted molar refractivity (Wildman–Crippen MR) is 66.4 cm³/mol. The van der Waals surface area contributed by atoms with Gasteiger partial charge in [0, 0.05) is 19.4 Å². The molecule has 5 nitrogen and oxygen atoms in total. The fourth-order valence-electron chi connectivity index (χ4n) is 1.84. The molecule has 0 aliphatic carbocycles. The molecule has 0 aliphatic heterocycles. The Morgan fingerprint density at radius 2 is 2.24 bits per heavy atom. The molecular weight excluding hydrogens is 238 g/mol. The average molecular weight is 252 g/mol. The van der Waals surface area contributed by atoms with E-state index in [2.05, 4.69) is 15.5 Å². The van der Waals surface area contributed by atoms with Crippen LogP contribution >= 0.6 is 11.6 Å². The Hall–Kier alpha value is -1.43. The van der Waals surface area contributed by atoms with Gasteiger partial charge in [0.2, 0.25) is 0 Å². The molecule has 0 spiro atoms. The lowest BCUT2D eigenvalue weighted by atomic mass is 10.0. The highest BCUT2D eigenvalue weighted by atomic mass is 35.5. The maximum absolute atomic E-state index is 6.12. The third kappa shape index (κ3) is 2.17. The Morgan fingerprint density at radius 1 is 1.47 bits per heavy atom. The molecule has 2 rings (SSSR count). The first-order chi connectivity index (χ1) is 8.15. The minimum Gasteiger partial charge on any atom is -0.271 e. The van der Waals surface area contributed by atoms with E-state index in [1.165, 1.54) is 0 Å². The van der Waals surface area contributed by atoms with Crippen molar-refractivity contribution in [3.05, 3.63) is 46.5 Å². The molecule has 0 fully saturated rings. The summed E-state index contributed by atoms with van der Waals surface area (Å²) in [5.41, 5.74) is 5.67. The largest absolute Gasteiger partial charge is 0.271 e. The number of rotatable bonds is 3. The number of aryl methyl sites for hydroxylation is 2. The summed E-state index contributed by atoms with van der Waals surface area (Å²) in [7, 11) is 1.83. The van der Waals surface area contributed by atoms with Gasteiger partial charge in [-0.1, -0.05) is 11.6 Å². The normalized spacial score (nSPS) is 12.7. The van der Waals surface area contributed by atoms with Gasteiger partial charge in [-0.2, -0.15) is 5.10 Å². The maximum atomic E-state index is 6.12. The highest BCUT2D eigenvalue weighted by molar-refractivity contribution is 6.31. The van der Waals surface area contributed by atoms with Gasteiger partial charge < -0.3 is 0 Å². The number of nitrogens with zero attached hydrogens (tertiary/aromatic N) is 3. The van der Waals surface area contributed by atoms with Crippen LogP contribution in [0, 0.1) is 6.92 Å². The van der Waals surface area contributed by atoms with Crippen molar-refractivity contribution < 1.29 is 0 Å². The number of hydrazine groups is 1. The molecule has 2 aromatic heterocycles. The summed E-state index contributed by atoms with van der Waals surface area (Å²) < 4.78 is 1.71. The van der Waals surface area contributed by atoms with Crippen molar-refractivity contribution in [2.75, 3.05) is 0 Å². The highest BCUT2D eigenvalue weighted by Crippen LogP contribution is 2.28. The Labute approximate surface area is 105 Å². The monoisotopic (exact) mass is 251 g/mol. The zero-order valence-corrected chi connectivity index (χ0v) is 10.4. The van der Waals surface area contributed by atoms with Crippen LogP contribution in [0.5, 0.6) is 0 Å². The Morgan fingerprint density at radius 3 is 2.76 bits per heavy atom. The van der Waals surface area contributed by atoms with Gasteiger partial charge in [-0.05, 0) is 24.1 Å². The second kappa shape index (κ2) is 4.83. The van der Waals surface area contributed by atoms with Crippen molar-refractivity contribution in [1.82, 2.24) is 20.2 Å². The lowest BCUT2D eigenvalue weighted by molar-refractivity contribution is 0.571. The molecule has 0 aromatic carbocycles. The molecule has 2 aromatic rings. The van der Waals surface area contributed by atoms with Crippen LogP contribution in [-0.2, 0) is 7.05 Å². The molecule has 2 heterocycles. The smallest absolute Gasteiger partial charge is 0.0910 e. The molecule has 0 saturated heterocycles. The van der Waals surface area contributed by atoms with Gasteiger partial charge in [-0.3, -0.25) is 15.5 Å². The van der Waals surface area contributed by atoms with E-state index in [4.69, 9.17) is 17.4 Å². The molecular formula is C11H14ClN5. The third-order valence-corrected chi connectivity index (χ3v) is 3.06. The number of nitrogens with one attached hydrogen (secondary N) is 1. The van der Waals surface area contributed by atoms with E-state index < -0.39 is 0 Å². The van der Waals surface area contributed by atoms with E-state index in [1.54, 1.807) is 23.3 Å². The van der Waals surface area contributed by atoms with Crippen LogP contribution < -0.4 is 11.3 Å². The first-order valence-corrected chi connectivity index (χ1v) is 5.57. The lowest BCUT2D eigenvalue weighted by Gasteiger charge is -2.18. The van der Waals surface area contributed by atoms with Gasteiger partial charge in [0.05, 0.1) is 23.0 Å². The zero-order valence-electron chi connectivity index (χ0n) is 9.68. The molecule has 1 atom stereocenters. The van der Waals surface area contributed by atoms with Gasteiger partial charge in [0.15, 0.2) is 0 Å². The first-order valence-electron chi connectivity index (χ1n) is 5.19. The SMILES string of the molecule is Cc1ccncc1C(NN)c1c(Cl)cnn1C. The van der Waals surface area contributed by atoms with Crippen molar-refractivity contribution in [3.8, 4) is 0 Å². The summed E-state index contributed by atoms with van der Waals surface area (Å²) in [4.78, 5) is 4.12. The standard InChI is InChI=1S/C11H14ClN5/c1-7-3-4-14-5-8(7)10(16-13)11-9(12)6-15-17(11)2/h3-6,10,16H,13H2,1-2H3. The van der Waals surface area contributed by atoms with Crippen LogP contribution in [0.2, 0.25) is 5.02 Å². The average Bonchev–Trinajstić information content (AvgIpc) is 2.64.